The molecule has 8 aromatic carbocycles. The van der Waals surface area contributed by atoms with E-state index in [0.717, 1.165) is 44.4 Å². The number of benzene rings is 8. The van der Waals surface area contributed by atoms with Crippen LogP contribution in [-0.2, 0) is 0 Å². The maximum absolute atomic E-state index is 5.45. The van der Waals surface area contributed by atoms with Gasteiger partial charge in [-0.3, -0.25) is 4.57 Å². The van der Waals surface area contributed by atoms with E-state index in [4.69, 9.17) is 9.97 Å². The Balaban J connectivity index is 1.29. The first-order chi connectivity index (χ1) is 24.8. The van der Waals surface area contributed by atoms with Gasteiger partial charge in [-0.15, -0.1) is 0 Å². The number of para-hydroxylation sites is 3. The predicted molar refractivity (Wildman–Crippen MR) is 209 cm³/mol. The zero-order chi connectivity index (χ0) is 32.8. The van der Waals surface area contributed by atoms with Crippen LogP contribution < -0.4 is 0 Å². The molecule has 0 radical (unpaired) electrons. The highest BCUT2D eigenvalue weighted by molar-refractivity contribution is 6.20. The van der Waals surface area contributed by atoms with Crippen molar-refractivity contribution in [2.45, 2.75) is 0 Å². The molecule has 0 aliphatic rings. The highest BCUT2D eigenvalue weighted by atomic mass is 15.2. The molecule has 3 heterocycles. The van der Waals surface area contributed by atoms with E-state index in [1.54, 1.807) is 0 Å². The van der Waals surface area contributed by atoms with Crippen LogP contribution in [0.2, 0.25) is 0 Å². The number of hydrogen-bond acceptors (Lipinski definition) is 2. The van der Waals surface area contributed by atoms with E-state index in [2.05, 4.69) is 179 Å². The second-order valence-corrected chi connectivity index (χ2v) is 13.1. The molecule has 50 heavy (non-hydrogen) atoms. The van der Waals surface area contributed by atoms with Gasteiger partial charge in [0.2, 0.25) is 5.95 Å². The second kappa shape index (κ2) is 10.4. The first-order valence-corrected chi connectivity index (χ1v) is 17.0. The summed E-state index contributed by atoms with van der Waals surface area (Å²) in [5.74, 6) is 0.656. The Hall–Kier alpha value is -6.78. The molecular weight excluding hydrogens is 609 g/mol. The fourth-order valence-electron chi connectivity index (χ4n) is 7.96. The minimum Gasteiger partial charge on any atom is -0.309 e. The molecule has 0 aliphatic carbocycles. The topological polar surface area (TPSA) is 35.6 Å². The van der Waals surface area contributed by atoms with E-state index in [9.17, 15) is 0 Å². The molecule has 4 heteroatoms. The number of hydrogen-bond donors (Lipinski definition) is 0. The van der Waals surface area contributed by atoms with Gasteiger partial charge in [-0.1, -0.05) is 115 Å². The van der Waals surface area contributed by atoms with Crippen molar-refractivity contribution >= 4 is 76.1 Å². The Labute approximate surface area is 287 Å². The third kappa shape index (κ3) is 3.93. The van der Waals surface area contributed by atoms with Crippen molar-refractivity contribution in [3.8, 4) is 22.9 Å². The Morgan fingerprint density at radius 2 is 0.940 bits per heavy atom. The Kier molecular flexibility index (Phi) is 5.63. The van der Waals surface area contributed by atoms with Crippen LogP contribution in [0.15, 0.2) is 170 Å². The summed E-state index contributed by atoms with van der Waals surface area (Å²) in [7, 11) is 0. The van der Waals surface area contributed by atoms with Crippen LogP contribution in [0.4, 0.5) is 0 Å². The molecule has 11 rings (SSSR count). The Morgan fingerprint density at radius 3 is 1.78 bits per heavy atom. The van der Waals surface area contributed by atoms with E-state index < -0.39 is 0 Å². The zero-order valence-electron chi connectivity index (χ0n) is 27.0. The predicted octanol–water partition coefficient (Wildman–Crippen LogP) is 11.8. The van der Waals surface area contributed by atoms with E-state index in [-0.39, 0.29) is 0 Å². The van der Waals surface area contributed by atoms with E-state index in [0.29, 0.717) is 5.95 Å². The third-order valence-electron chi connectivity index (χ3n) is 10.3. The molecule has 0 saturated heterocycles. The Bertz CT molecular complexity index is 3150. The van der Waals surface area contributed by atoms with Crippen molar-refractivity contribution in [3.63, 3.8) is 0 Å². The van der Waals surface area contributed by atoms with Gasteiger partial charge in [-0.2, -0.15) is 0 Å². The highest BCUT2D eigenvalue weighted by Crippen LogP contribution is 2.41. The molecule has 232 valence electrons. The lowest BCUT2D eigenvalue weighted by Gasteiger charge is -2.13. The van der Waals surface area contributed by atoms with E-state index >= 15 is 0 Å². The van der Waals surface area contributed by atoms with Gasteiger partial charge >= 0.3 is 0 Å². The van der Waals surface area contributed by atoms with Crippen LogP contribution in [0, 0.1) is 0 Å². The molecule has 0 unspecified atom stereocenters. The van der Waals surface area contributed by atoms with Crippen molar-refractivity contribution < 1.29 is 0 Å². The summed E-state index contributed by atoms with van der Waals surface area (Å²) in [6.07, 6.45) is 0. The number of fused-ring (bicyclic) bond motifs is 9. The zero-order valence-corrected chi connectivity index (χ0v) is 27.0. The quantitative estimate of drug-likeness (QED) is 0.193. The summed E-state index contributed by atoms with van der Waals surface area (Å²) in [5.41, 5.74) is 8.53. The molecule has 0 spiro atoms. The van der Waals surface area contributed by atoms with Crippen molar-refractivity contribution in [1.29, 1.82) is 0 Å². The summed E-state index contributed by atoms with van der Waals surface area (Å²) in [6.45, 7) is 0. The van der Waals surface area contributed by atoms with Crippen molar-refractivity contribution in [2.75, 3.05) is 0 Å². The summed E-state index contributed by atoms with van der Waals surface area (Å²) >= 11 is 0. The SMILES string of the molecule is c1ccc(-n2c3ccccc3c3cc4c5cc6ccccc6cc5n(-c5nc(-c6ccc7ccccc7c6)c6ccccc6n5)c4cc32)cc1. The average molecular weight is 637 g/mol. The van der Waals surface area contributed by atoms with Gasteiger partial charge < -0.3 is 4.57 Å². The largest absolute Gasteiger partial charge is 0.309 e. The normalized spacial score (nSPS) is 12.0. The smallest absolute Gasteiger partial charge is 0.235 e. The second-order valence-electron chi connectivity index (χ2n) is 13.1. The summed E-state index contributed by atoms with van der Waals surface area (Å²) in [5, 5.41) is 10.6. The van der Waals surface area contributed by atoms with Crippen molar-refractivity contribution in [3.05, 3.63) is 170 Å². The van der Waals surface area contributed by atoms with Gasteiger partial charge in [0.25, 0.3) is 0 Å². The lowest BCUT2D eigenvalue weighted by Crippen LogP contribution is -2.03. The maximum Gasteiger partial charge on any atom is 0.235 e. The lowest BCUT2D eigenvalue weighted by atomic mass is 10.0. The molecule has 0 saturated carbocycles. The van der Waals surface area contributed by atoms with Crippen LogP contribution >= 0.6 is 0 Å². The summed E-state index contributed by atoms with van der Waals surface area (Å²) < 4.78 is 4.66. The molecular formula is C46H28N4. The number of aromatic nitrogens is 4. The molecule has 0 aliphatic heterocycles. The van der Waals surface area contributed by atoms with Crippen molar-refractivity contribution in [2.24, 2.45) is 0 Å². The fourth-order valence-corrected chi connectivity index (χ4v) is 7.96. The number of nitrogens with zero attached hydrogens (tertiary/aromatic N) is 4. The van der Waals surface area contributed by atoms with Gasteiger partial charge in [0.05, 0.1) is 33.3 Å². The summed E-state index contributed by atoms with van der Waals surface area (Å²) in [6, 6.07) is 60.8. The van der Waals surface area contributed by atoms with Crippen molar-refractivity contribution in [1.82, 2.24) is 19.1 Å². The van der Waals surface area contributed by atoms with Crippen LogP contribution in [0.1, 0.15) is 0 Å². The maximum atomic E-state index is 5.45. The van der Waals surface area contributed by atoms with Gasteiger partial charge in [0, 0.05) is 38.2 Å². The van der Waals surface area contributed by atoms with Gasteiger partial charge in [0.15, 0.2) is 0 Å². The van der Waals surface area contributed by atoms with Crippen LogP contribution in [0.3, 0.4) is 0 Å². The molecule has 0 N–H and O–H groups in total. The van der Waals surface area contributed by atoms with Crippen LogP contribution in [0.25, 0.3) is 99.0 Å². The minimum atomic E-state index is 0.656. The molecule has 11 aromatic rings. The molecule has 0 bridgehead atoms. The Morgan fingerprint density at radius 1 is 0.340 bits per heavy atom. The van der Waals surface area contributed by atoms with E-state index in [1.165, 1.54) is 48.6 Å². The molecule has 0 amide bonds. The van der Waals surface area contributed by atoms with Gasteiger partial charge in [0.1, 0.15) is 0 Å². The van der Waals surface area contributed by atoms with E-state index in [1.807, 2.05) is 0 Å². The van der Waals surface area contributed by atoms with Gasteiger partial charge in [-0.05, 0) is 76.1 Å². The standard InChI is InChI=1S/C46H28N4/c1-2-16-34(17-3-1)49-41-21-11-9-18-35(41)38-27-39-37-25-31-14-6-7-15-32(31)26-42(37)50(44(39)28-43(38)49)46-47-40-20-10-8-19-36(40)45(48-46)33-23-22-29-12-4-5-13-30(29)24-33/h1-28H. The first kappa shape index (κ1) is 27.2. The highest BCUT2D eigenvalue weighted by Gasteiger charge is 2.21. The molecule has 0 atom stereocenters. The van der Waals surface area contributed by atoms with Crippen LogP contribution in [-0.4, -0.2) is 19.1 Å². The molecule has 3 aromatic heterocycles. The minimum absolute atomic E-state index is 0.656. The first-order valence-electron chi connectivity index (χ1n) is 17.0. The van der Waals surface area contributed by atoms with Crippen LogP contribution in [0.5, 0.6) is 0 Å². The number of rotatable bonds is 3. The van der Waals surface area contributed by atoms with Gasteiger partial charge in [-0.25, -0.2) is 9.97 Å². The lowest BCUT2D eigenvalue weighted by molar-refractivity contribution is 1.01. The average Bonchev–Trinajstić information content (AvgIpc) is 3.67. The fraction of sp³-hybridized carbons (Fsp3) is 0. The molecule has 4 nitrogen and oxygen atoms in total. The third-order valence-corrected chi connectivity index (χ3v) is 10.3. The summed E-state index contributed by atoms with van der Waals surface area (Å²) in [4.78, 5) is 10.7. The molecule has 0 fully saturated rings. The monoisotopic (exact) mass is 636 g/mol.